The number of hydrogen-bond donors (Lipinski definition) is 1. The lowest BCUT2D eigenvalue weighted by molar-refractivity contribution is -0.121. The van der Waals surface area contributed by atoms with Gasteiger partial charge in [-0.15, -0.1) is 11.3 Å². The summed E-state index contributed by atoms with van der Waals surface area (Å²) in [6.45, 7) is 2.56. The highest BCUT2D eigenvalue weighted by Gasteiger charge is 2.11. The van der Waals surface area contributed by atoms with E-state index < -0.39 is 0 Å². The minimum Gasteiger partial charge on any atom is -0.351 e. The van der Waals surface area contributed by atoms with Crippen molar-refractivity contribution in [2.45, 2.75) is 32.7 Å². The number of rotatable bonds is 7. The van der Waals surface area contributed by atoms with Gasteiger partial charge in [0.1, 0.15) is 0 Å². The first kappa shape index (κ1) is 15.4. The quantitative estimate of drug-likeness (QED) is 0.791. The molecule has 1 amide bonds. The summed E-state index contributed by atoms with van der Waals surface area (Å²) in [5.74, 6) is 0.102. The van der Waals surface area contributed by atoms with Gasteiger partial charge in [0.25, 0.3) is 0 Å². The third-order valence-electron chi connectivity index (χ3n) is 3.14. The first-order valence-electron chi connectivity index (χ1n) is 7.16. The smallest absolute Gasteiger partial charge is 0.220 e. The first-order valence-corrected chi connectivity index (χ1v) is 7.97. The van der Waals surface area contributed by atoms with E-state index >= 15 is 0 Å². The Bertz CT molecular complexity index is 604. The second-order valence-electron chi connectivity index (χ2n) is 4.84. The number of nitrogens with one attached hydrogen (secondary N) is 1. The van der Waals surface area contributed by atoms with Crippen LogP contribution in [-0.4, -0.2) is 11.7 Å². The molecule has 0 aliphatic carbocycles. The Hall–Kier alpha value is -1.94. The molecule has 0 unspecified atom stereocenters. The number of hydrogen-bond acceptors (Lipinski definition) is 3. The van der Waals surface area contributed by atoms with Gasteiger partial charge in [0.05, 0.1) is 11.4 Å². The zero-order valence-electron chi connectivity index (χ0n) is 12.1. The predicted octanol–water partition coefficient (Wildman–Crippen LogP) is 3.79. The Morgan fingerprint density at radius 2 is 1.86 bits per heavy atom. The zero-order chi connectivity index (χ0) is 15.1. The minimum atomic E-state index is 0.0316. The fourth-order valence-corrected chi connectivity index (χ4v) is 2.85. The molecule has 2 aromatic rings. The van der Waals surface area contributed by atoms with Crippen molar-refractivity contribution >= 4 is 23.0 Å². The molecule has 0 radical (unpaired) electrons. The van der Waals surface area contributed by atoms with Crippen LogP contribution >= 0.6 is 11.3 Å². The number of carbonyl (C=O) groups is 2. The molecule has 0 saturated carbocycles. The van der Waals surface area contributed by atoms with Crippen LogP contribution in [-0.2, 0) is 11.3 Å². The van der Waals surface area contributed by atoms with Crippen molar-refractivity contribution in [1.29, 1.82) is 0 Å². The van der Waals surface area contributed by atoms with E-state index in [2.05, 4.69) is 12.2 Å². The zero-order valence-corrected chi connectivity index (χ0v) is 12.9. The van der Waals surface area contributed by atoms with E-state index in [1.54, 1.807) is 0 Å². The highest BCUT2D eigenvalue weighted by molar-refractivity contribution is 7.14. The van der Waals surface area contributed by atoms with E-state index in [9.17, 15) is 9.59 Å². The van der Waals surface area contributed by atoms with Crippen molar-refractivity contribution in [3.8, 4) is 0 Å². The molecule has 0 atom stereocenters. The highest BCUT2D eigenvalue weighted by Crippen LogP contribution is 2.20. The van der Waals surface area contributed by atoms with E-state index in [1.807, 2.05) is 42.5 Å². The molecule has 0 saturated heterocycles. The SMILES string of the molecule is CCCCC(=O)NCc1ccc(C(=O)c2ccccc2)s1. The normalized spacial score (nSPS) is 10.3. The van der Waals surface area contributed by atoms with Crippen LogP contribution in [0.25, 0.3) is 0 Å². The summed E-state index contributed by atoms with van der Waals surface area (Å²) in [5, 5.41) is 2.89. The Morgan fingerprint density at radius 3 is 2.57 bits per heavy atom. The molecule has 1 heterocycles. The van der Waals surface area contributed by atoms with Gasteiger partial charge >= 0.3 is 0 Å². The van der Waals surface area contributed by atoms with E-state index in [4.69, 9.17) is 0 Å². The maximum atomic E-state index is 12.3. The number of benzene rings is 1. The average Bonchev–Trinajstić information content (AvgIpc) is 3.00. The predicted molar refractivity (Wildman–Crippen MR) is 85.6 cm³/mol. The minimum absolute atomic E-state index is 0.0316. The third-order valence-corrected chi connectivity index (χ3v) is 4.22. The lowest BCUT2D eigenvalue weighted by atomic mass is 10.1. The average molecular weight is 301 g/mol. The Balaban J connectivity index is 1.92. The molecule has 2 rings (SSSR count). The summed E-state index contributed by atoms with van der Waals surface area (Å²) in [4.78, 5) is 25.5. The van der Waals surface area contributed by atoms with Gasteiger partial charge in [-0.25, -0.2) is 0 Å². The number of unbranched alkanes of at least 4 members (excludes halogenated alkanes) is 1. The van der Waals surface area contributed by atoms with Gasteiger partial charge in [0.15, 0.2) is 0 Å². The molecular formula is C17H19NO2S. The van der Waals surface area contributed by atoms with Crippen LogP contribution in [0.5, 0.6) is 0 Å². The standard InChI is InChI=1S/C17H19NO2S/c1-2-3-9-16(19)18-12-14-10-11-15(21-14)17(20)13-7-5-4-6-8-13/h4-8,10-11H,2-3,9,12H2,1H3,(H,18,19). The maximum Gasteiger partial charge on any atom is 0.220 e. The van der Waals surface area contributed by atoms with E-state index in [0.29, 0.717) is 23.4 Å². The molecule has 3 nitrogen and oxygen atoms in total. The van der Waals surface area contributed by atoms with E-state index in [1.165, 1.54) is 11.3 Å². The number of ketones is 1. The molecule has 4 heteroatoms. The molecule has 1 aromatic heterocycles. The molecule has 1 N–H and O–H groups in total. The molecule has 21 heavy (non-hydrogen) atoms. The fraction of sp³-hybridized carbons (Fsp3) is 0.294. The van der Waals surface area contributed by atoms with Gasteiger partial charge in [-0.05, 0) is 18.6 Å². The van der Waals surface area contributed by atoms with Gasteiger partial charge in [0.2, 0.25) is 11.7 Å². The lowest BCUT2D eigenvalue weighted by Crippen LogP contribution is -2.21. The van der Waals surface area contributed by atoms with Crippen molar-refractivity contribution in [2.75, 3.05) is 0 Å². The lowest BCUT2D eigenvalue weighted by Gasteiger charge is -2.02. The van der Waals surface area contributed by atoms with Gasteiger partial charge < -0.3 is 5.32 Å². The summed E-state index contributed by atoms with van der Waals surface area (Å²) in [6.07, 6.45) is 2.49. The molecule has 0 aliphatic rings. The Kier molecular flexibility index (Phi) is 5.69. The molecule has 1 aromatic carbocycles. The van der Waals surface area contributed by atoms with Crippen molar-refractivity contribution in [3.63, 3.8) is 0 Å². The number of carbonyl (C=O) groups excluding carboxylic acids is 2. The van der Waals surface area contributed by atoms with Crippen molar-refractivity contribution in [2.24, 2.45) is 0 Å². The van der Waals surface area contributed by atoms with Crippen molar-refractivity contribution < 1.29 is 9.59 Å². The summed E-state index contributed by atoms with van der Waals surface area (Å²) in [7, 11) is 0. The fourth-order valence-electron chi connectivity index (χ4n) is 1.94. The number of amides is 1. The van der Waals surface area contributed by atoms with Crippen LogP contribution in [0, 0.1) is 0 Å². The van der Waals surface area contributed by atoms with Crippen LogP contribution in [0.15, 0.2) is 42.5 Å². The van der Waals surface area contributed by atoms with Crippen LogP contribution < -0.4 is 5.32 Å². The van der Waals surface area contributed by atoms with Gasteiger partial charge in [-0.2, -0.15) is 0 Å². The van der Waals surface area contributed by atoms with Crippen molar-refractivity contribution in [3.05, 3.63) is 57.8 Å². The molecule has 110 valence electrons. The van der Waals surface area contributed by atoms with Crippen molar-refractivity contribution in [1.82, 2.24) is 5.32 Å². The summed E-state index contributed by atoms with van der Waals surface area (Å²) in [6, 6.07) is 13.0. The van der Waals surface area contributed by atoms with Crippen LogP contribution in [0.3, 0.4) is 0 Å². The molecular weight excluding hydrogens is 282 g/mol. The maximum absolute atomic E-state index is 12.3. The molecule has 0 bridgehead atoms. The van der Waals surface area contributed by atoms with E-state index in [-0.39, 0.29) is 11.7 Å². The van der Waals surface area contributed by atoms with E-state index in [0.717, 1.165) is 17.7 Å². The van der Waals surface area contributed by atoms with Gasteiger partial charge in [-0.1, -0.05) is 43.7 Å². The van der Waals surface area contributed by atoms with Crippen LogP contribution in [0.1, 0.15) is 46.3 Å². The van der Waals surface area contributed by atoms with Gasteiger partial charge in [0, 0.05) is 16.9 Å². The second kappa shape index (κ2) is 7.74. The molecule has 0 fully saturated rings. The largest absolute Gasteiger partial charge is 0.351 e. The summed E-state index contributed by atoms with van der Waals surface area (Å²) in [5.41, 5.74) is 0.692. The molecule has 0 spiro atoms. The second-order valence-corrected chi connectivity index (χ2v) is 6.01. The topological polar surface area (TPSA) is 46.2 Å². The Labute approximate surface area is 129 Å². The summed E-state index contributed by atoms with van der Waals surface area (Å²) >= 11 is 1.44. The van der Waals surface area contributed by atoms with Crippen LogP contribution in [0.4, 0.5) is 0 Å². The number of thiophene rings is 1. The highest BCUT2D eigenvalue weighted by atomic mass is 32.1. The summed E-state index contributed by atoms with van der Waals surface area (Å²) < 4.78 is 0. The van der Waals surface area contributed by atoms with Gasteiger partial charge in [-0.3, -0.25) is 9.59 Å². The first-order chi connectivity index (χ1) is 10.2. The third kappa shape index (κ3) is 4.53. The molecule has 0 aliphatic heterocycles. The Morgan fingerprint density at radius 1 is 1.10 bits per heavy atom. The van der Waals surface area contributed by atoms with Crippen LogP contribution in [0.2, 0.25) is 0 Å². The monoisotopic (exact) mass is 301 g/mol.